The maximum absolute atomic E-state index is 11.8. The summed E-state index contributed by atoms with van der Waals surface area (Å²) >= 11 is 1.68. The van der Waals surface area contributed by atoms with Crippen molar-refractivity contribution in [3.8, 4) is 0 Å². The van der Waals surface area contributed by atoms with Gasteiger partial charge in [0.1, 0.15) is 5.60 Å². The number of hydrogen-bond acceptors (Lipinski definition) is 5. The normalized spacial score (nSPS) is 24.8. The lowest BCUT2D eigenvalue weighted by Crippen LogP contribution is -2.47. The van der Waals surface area contributed by atoms with Crippen LogP contribution in [0.5, 0.6) is 0 Å². The lowest BCUT2D eigenvalue weighted by Gasteiger charge is -2.29. The molecule has 1 amide bonds. The van der Waals surface area contributed by atoms with Crippen LogP contribution in [0.2, 0.25) is 0 Å². The minimum atomic E-state index is -0.460. The lowest BCUT2D eigenvalue weighted by molar-refractivity contribution is 0.0517. The maximum atomic E-state index is 11.8. The predicted molar refractivity (Wildman–Crippen MR) is 92.4 cm³/mol. The van der Waals surface area contributed by atoms with Crippen LogP contribution in [0.1, 0.15) is 47.0 Å². The third kappa shape index (κ3) is 6.75. The fraction of sp³-hybridized carbons (Fsp3) is 0.938. The highest BCUT2D eigenvalue weighted by atomic mass is 32.2. The molecule has 4 atom stereocenters. The molecule has 4 unspecified atom stereocenters. The number of aliphatic hydroxyl groups excluding tert-OH is 1. The summed E-state index contributed by atoms with van der Waals surface area (Å²) in [4.78, 5) is 11.8. The largest absolute Gasteiger partial charge is 0.444 e. The monoisotopic (exact) mass is 332 g/mol. The van der Waals surface area contributed by atoms with Gasteiger partial charge in [0, 0.05) is 23.9 Å². The summed E-state index contributed by atoms with van der Waals surface area (Å²) in [5, 5.41) is 16.1. The van der Waals surface area contributed by atoms with E-state index in [9.17, 15) is 9.90 Å². The predicted octanol–water partition coefficient (Wildman–Crippen LogP) is 2.38. The highest BCUT2D eigenvalue weighted by molar-refractivity contribution is 7.99. The topological polar surface area (TPSA) is 70.6 Å². The van der Waals surface area contributed by atoms with Gasteiger partial charge in [-0.2, -0.15) is 11.8 Å². The number of aliphatic hydroxyl groups is 1. The van der Waals surface area contributed by atoms with Crippen LogP contribution in [0.4, 0.5) is 4.79 Å². The Kier molecular flexibility index (Phi) is 8.00. The average Bonchev–Trinajstić information content (AvgIpc) is 2.83. The van der Waals surface area contributed by atoms with Crippen molar-refractivity contribution >= 4 is 17.9 Å². The molecule has 0 bridgehead atoms. The number of amides is 1. The van der Waals surface area contributed by atoms with Crippen molar-refractivity contribution in [2.45, 2.75) is 69.9 Å². The van der Waals surface area contributed by atoms with Crippen LogP contribution in [0.3, 0.4) is 0 Å². The molecule has 1 aliphatic carbocycles. The van der Waals surface area contributed by atoms with E-state index >= 15 is 0 Å². The first-order chi connectivity index (χ1) is 10.3. The van der Waals surface area contributed by atoms with Crippen LogP contribution in [0.25, 0.3) is 0 Å². The van der Waals surface area contributed by atoms with E-state index < -0.39 is 5.60 Å². The molecule has 6 heteroatoms. The van der Waals surface area contributed by atoms with Crippen molar-refractivity contribution in [1.82, 2.24) is 10.6 Å². The fourth-order valence-corrected chi connectivity index (χ4v) is 3.55. The fourth-order valence-electron chi connectivity index (χ4n) is 2.91. The van der Waals surface area contributed by atoms with Crippen molar-refractivity contribution < 1.29 is 14.6 Å². The number of alkyl carbamates (subject to hydrolysis) is 1. The number of thioether (sulfide) groups is 1. The van der Waals surface area contributed by atoms with Crippen molar-refractivity contribution in [3.63, 3.8) is 0 Å². The molecule has 1 aliphatic rings. The van der Waals surface area contributed by atoms with Gasteiger partial charge >= 0.3 is 6.09 Å². The quantitative estimate of drug-likeness (QED) is 0.668. The summed E-state index contributed by atoms with van der Waals surface area (Å²) in [6, 6.07) is 0.651. The zero-order valence-corrected chi connectivity index (χ0v) is 15.3. The first kappa shape index (κ1) is 19.6. The van der Waals surface area contributed by atoms with Crippen molar-refractivity contribution in [2.24, 2.45) is 5.92 Å². The van der Waals surface area contributed by atoms with Crippen LogP contribution in [-0.4, -0.2) is 53.5 Å². The second-order valence-corrected chi connectivity index (χ2v) is 8.17. The van der Waals surface area contributed by atoms with E-state index in [-0.39, 0.29) is 24.0 Å². The Morgan fingerprint density at radius 2 is 2.09 bits per heavy atom. The van der Waals surface area contributed by atoms with E-state index in [0.717, 1.165) is 12.8 Å². The molecule has 3 N–H and O–H groups in total. The summed E-state index contributed by atoms with van der Waals surface area (Å²) in [5.41, 5.74) is -0.460. The molecule has 0 heterocycles. The minimum Gasteiger partial charge on any atom is -0.444 e. The van der Waals surface area contributed by atoms with Gasteiger partial charge in [0.05, 0.1) is 6.61 Å². The highest BCUT2D eigenvalue weighted by Gasteiger charge is 2.30. The van der Waals surface area contributed by atoms with Gasteiger partial charge in [-0.05, 0) is 52.7 Å². The third-order valence-corrected chi connectivity index (χ3v) is 5.25. The molecule has 130 valence electrons. The summed E-state index contributed by atoms with van der Waals surface area (Å²) in [6.45, 7) is 8.54. The molecule has 0 radical (unpaired) electrons. The van der Waals surface area contributed by atoms with E-state index in [0.29, 0.717) is 18.5 Å². The van der Waals surface area contributed by atoms with Crippen LogP contribution in [0.15, 0.2) is 0 Å². The Morgan fingerprint density at radius 3 is 2.64 bits per heavy atom. The highest BCUT2D eigenvalue weighted by Crippen LogP contribution is 2.26. The Bertz CT molecular complexity index is 343. The summed E-state index contributed by atoms with van der Waals surface area (Å²) in [5.74, 6) is 0.427. The molecule has 1 rings (SSSR count). The van der Waals surface area contributed by atoms with Crippen molar-refractivity contribution in [1.29, 1.82) is 0 Å². The van der Waals surface area contributed by atoms with E-state index in [1.807, 2.05) is 27.0 Å². The van der Waals surface area contributed by atoms with Crippen LogP contribution >= 0.6 is 11.8 Å². The SMILES string of the molecule is CSC(CO)C(C)NC1CCCC1CNC(=O)OC(C)(C)C. The molecule has 0 aromatic heterocycles. The maximum Gasteiger partial charge on any atom is 0.407 e. The Hall–Kier alpha value is -0.460. The van der Waals surface area contributed by atoms with Gasteiger partial charge in [-0.15, -0.1) is 0 Å². The summed E-state index contributed by atoms with van der Waals surface area (Å²) in [6.07, 6.45) is 5.09. The number of nitrogens with one attached hydrogen (secondary N) is 2. The minimum absolute atomic E-state index is 0.183. The Balaban J connectivity index is 2.41. The smallest absolute Gasteiger partial charge is 0.407 e. The molecule has 5 nitrogen and oxygen atoms in total. The number of carbonyl (C=O) groups is 1. The molecular weight excluding hydrogens is 300 g/mol. The number of ether oxygens (including phenoxy) is 1. The summed E-state index contributed by atoms with van der Waals surface area (Å²) in [7, 11) is 0. The van der Waals surface area contributed by atoms with Gasteiger partial charge in [-0.3, -0.25) is 0 Å². The van der Waals surface area contributed by atoms with Gasteiger partial charge in [0.25, 0.3) is 0 Å². The second-order valence-electron chi connectivity index (χ2n) is 7.09. The molecule has 1 fully saturated rings. The van der Waals surface area contributed by atoms with E-state index in [4.69, 9.17) is 4.74 Å². The van der Waals surface area contributed by atoms with Crippen LogP contribution in [0, 0.1) is 5.92 Å². The van der Waals surface area contributed by atoms with Gasteiger partial charge in [-0.1, -0.05) is 6.42 Å². The van der Waals surface area contributed by atoms with Crippen molar-refractivity contribution in [2.75, 3.05) is 19.4 Å². The molecular formula is C16H32N2O3S. The van der Waals surface area contributed by atoms with Gasteiger partial charge in [0.2, 0.25) is 0 Å². The number of rotatable bonds is 7. The standard InChI is InChI=1S/C16H32N2O3S/c1-11(14(10-19)22-5)18-13-8-6-7-12(13)9-17-15(20)21-16(2,3)4/h11-14,18-19H,6-10H2,1-5H3,(H,17,20). The van der Waals surface area contributed by atoms with E-state index in [2.05, 4.69) is 17.6 Å². The number of hydrogen-bond donors (Lipinski definition) is 3. The molecule has 0 spiro atoms. The molecule has 22 heavy (non-hydrogen) atoms. The zero-order valence-electron chi connectivity index (χ0n) is 14.5. The van der Waals surface area contributed by atoms with Gasteiger partial charge in [-0.25, -0.2) is 4.79 Å². The third-order valence-electron chi connectivity index (χ3n) is 4.08. The second kappa shape index (κ2) is 8.99. The number of carbonyl (C=O) groups excluding carboxylic acids is 1. The zero-order chi connectivity index (χ0) is 16.8. The molecule has 0 aromatic rings. The van der Waals surface area contributed by atoms with E-state index in [1.165, 1.54) is 6.42 Å². The molecule has 0 aliphatic heterocycles. The van der Waals surface area contributed by atoms with Gasteiger partial charge in [0.15, 0.2) is 0 Å². The Morgan fingerprint density at radius 1 is 1.41 bits per heavy atom. The van der Waals surface area contributed by atoms with Crippen LogP contribution < -0.4 is 10.6 Å². The first-order valence-corrected chi connectivity index (χ1v) is 9.42. The van der Waals surface area contributed by atoms with Crippen molar-refractivity contribution in [3.05, 3.63) is 0 Å². The van der Waals surface area contributed by atoms with E-state index in [1.54, 1.807) is 11.8 Å². The average molecular weight is 333 g/mol. The van der Waals surface area contributed by atoms with Gasteiger partial charge < -0.3 is 20.5 Å². The summed E-state index contributed by atoms with van der Waals surface area (Å²) < 4.78 is 5.28. The Labute approximate surface area is 138 Å². The van der Waals surface area contributed by atoms with Crippen LogP contribution in [-0.2, 0) is 4.74 Å². The molecule has 0 saturated heterocycles. The molecule has 1 saturated carbocycles. The first-order valence-electron chi connectivity index (χ1n) is 8.13. The molecule has 0 aromatic carbocycles. The lowest BCUT2D eigenvalue weighted by atomic mass is 10.0.